The lowest BCUT2D eigenvalue weighted by Crippen LogP contribution is -1.98. The molecule has 0 heterocycles. The smallest absolute Gasteiger partial charge is 0.0650 e. The lowest BCUT2D eigenvalue weighted by Gasteiger charge is -2.17. The molecule has 0 amide bonds. The van der Waals surface area contributed by atoms with Crippen LogP contribution in [0.1, 0.15) is 32.6 Å². The number of alkyl halides is 1. The Bertz CT molecular complexity index is 573. The summed E-state index contributed by atoms with van der Waals surface area (Å²) in [5, 5.41) is 0. The summed E-state index contributed by atoms with van der Waals surface area (Å²) < 4.78 is 1.12. The van der Waals surface area contributed by atoms with Crippen molar-refractivity contribution < 1.29 is 0 Å². The molecule has 1 atom stereocenters. The Balaban J connectivity index is 2.47. The van der Waals surface area contributed by atoms with E-state index in [1.807, 2.05) is 0 Å². The van der Waals surface area contributed by atoms with Crippen molar-refractivity contribution >= 4 is 31.9 Å². The summed E-state index contributed by atoms with van der Waals surface area (Å²) in [7, 11) is 0. The van der Waals surface area contributed by atoms with Crippen LogP contribution in [-0.4, -0.2) is 0 Å². The molecule has 94 valence electrons. The molecular weight excluding hydrogens is 352 g/mol. The SMILES string of the molecule is Cc1ccc(C(Br)c2cc(Br)ccc2C)c(C)c1. The fourth-order valence-corrected chi connectivity index (χ4v) is 3.55. The first-order valence-corrected chi connectivity index (χ1v) is 7.67. The van der Waals surface area contributed by atoms with Gasteiger partial charge in [0.25, 0.3) is 0 Å². The summed E-state index contributed by atoms with van der Waals surface area (Å²) in [6.45, 7) is 6.45. The lowest BCUT2D eigenvalue weighted by molar-refractivity contribution is 1.11. The Kier molecular flexibility index (Phi) is 4.29. The normalized spacial score (nSPS) is 12.5. The van der Waals surface area contributed by atoms with Gasteiger partial charge in [-0.2, -0.15) is 0 Å². The van der Waals surface area contributed by atoms with Crippen LogP contribution >= 0.6 is 31.9 Å². The molecule has 0 nitrogen and oxygen atoms in total. The standard InChI is InChI=1S/C16H16Br2/c1-10-4-7-14(12(3)8-10)16(18)15-9-13(17)6-5-11(15)2/h4-9,16H,1-3H3. The quantitative estimate of drug-likeness (QED) is 0.583. The monoisotopic (exact) mass is 366 g/mol. The summed E-state index contributed by atoms with van der Waals surface area (Å²) in [5.41, 5.74) is 6.59. The van der Waals surface area contributed by atoms with E-state index in [0.29, 0.717) is 0 Å². The Morgan fingerprint density at radius 3 is 2.22 bits per heavy atom. The zero-order valence-electron chi connectivity index (χ0n) is 10.8. The first kappa shape index (κ1) is 13.8. The molecule has 2 heteroatoms. The Labute approximate surface area is 126 Å². The van der Waals surface area contributed by atoms with Crippen LogP contribution in [-0.2, 0) is 0 Å². The van der Waals surface area contributed by atoms with Crippen LogP contribution < -0.4 is 0 Å². The molecule has 0 fully saturated rings. The van der Waals surface area contributed by atoms with Crippen molar-refractivity contribution in [3.05, 3.63) is 68.7 Å². The molecule has 0 aliphatic rings. The summed E-state index contributed by atoms with van der Waals surface area (Å²) >= 11 is 7.38. The van der Waals surface area contributed by atoms with Crippen LogP contribution in [0.15, 0.2) is 40.9 Å². The Hall–Kier alpha value is -0.600. The van der Waals surface area contributed by atoms with Crippen molar-refractivity contribution in [1.29, 1.82) is 0 Å². The maximum absolute atomic E-state index is 3.83. The fourth-order valence-electron chi connectivity index (χ4n) is 2.16. The molecule has 18 heavy (non-hydrogen) atoms. The van der Waals surface area contributed by atoms with Gasteiger partial charge in [-0.15, -0.1) is 0 Å². The highest BCUT2D eigenvalue weighted by Gasteiger charge is 2.15. The van der Waals surface area contributed by atoms with Crippen molar-refractivity contribution in [3.8, 4) is 0 Å². The zero-order valence-corrected chi connectivity index (χ0v) is 14.0. The fraction of sp³-hybridized carbons (Fsp3) is 0.250. The number of hydrogen-bond acceptors (Lipinski definition) is 0. The second kappa shape index (κ2) is 5.58. The van der Waals surface area contributed by atoms with Crippen LogP contribution in [0.25, 0.3) is 0 Å². The van der Waals surface area contributed by atoms with E-state index in [4.69, 9.17) is 0 Å². The Morgan fingerprint density at radius 2 is 1.56 bits per heavy atom. The molecule has 0 radical (unpaired) electrons. The molecule has 0 bridgehead atoms. The van der Waals surface area contributed by atoms with Crippen molar-refractivity contribution in [3.63, 3.8) is 0 Å². The molecule has 0 aromatic heterocycles. The molecule has 0 N–H and O–H groups in total. The van der Waals surface area contributed by atoms with Crippen molar-refractivity contribution in [1.82, 2.24) is 0 Å². The third kappa shape index (κ3) is 2.86. The van der Waals surface area contributed by atoms with Gasteiger partial charge >= 0.3 is 0 Å². The highest BCUT2D eigenvalue weighted by molar-refractivity contribution is 9.10. The predicted octanol–water partition coefficient (Wildman–Crippen LogP) is 5.86. The average molecular weight is 368 g/mol. The van der Waals surface area contributed by atoms with Gasteiger partial charge in [0.15, 0.2) is 0 Å². The maximum atomic E-state index is 3.83. The third-order valence-electron chi connectivity index (χ3n) is 3.21. The molecule has 2 aromatic carbocycles. The number of halogens is 2. The van der Waals surface area contributed by atoms with Crippen LogP contribution in [0.5, 0.6) is 0 Å². The van der Waals surface area contributed by atoms with Gasteiger partial charge in [-0.1, -0.05) is 61.7 Å². The first-order chi connectivity index (χ1) is 8.49. The van der Waals surface area contributed by atoms with Crippen LogP contribution in [0, 0.1) is 20.8 Å². The molecule has 0 aliphatic heterocycles. The number of benzene rings is 2. The van der Waals surface area contributed by atoms with E-state index in [-0.39, 0.29) is 4.83 Å². The Morgan fingerprint density at radius 1 is 0.833 bits per heavy atom. The minimum absolute atomic E-state index is 0.246. The molecule has 0 saturated heterocycles. The number of aryl methyl sites for hydroxylation is 3. The van der Waals surface area contributed by atoms with Gasteiger partial charge in [-0.25, -0.2) is 0 Å². The summed E-state index contributed by atoms with van der Waals surface area (Å²) in [4.78, 5) is 0.246. The van der Waals surface area contributed by atoms with Gasteiger partial charge in [0.1, 0.15) is 0 Å². The van der Waals surface area contributed by atoms with E-state index in [0.717, 1.165) is 4.47 Å². The second-order valence-corrected chi connectivity index (χ2v) is 6.55. The van der Waals surface area contributed by atoms with Gasteiger partial charge in [0.2, 0.25) is 0 Å². The van der Waals surface area contributed by atoms with Gasteiger partial charge in [-0.3, -0.25) is 0 Å². The third-order valence-corrected chi connectivity index (χ3v) is 4.69. The molecule has 0 spiro atoms. The van der Waals surface area contributed by atoms with E-state index in [1.165, 1.54) is 27.8 Å². The van der Waals surface area contributed by atoms with Crippen LogP contribution in [0.3, 0.4) is 0 Å². The molecule has 1 unspecified atom stereocenters. The highest BCUT2D eigenvalue weighted by Crippen LogP contribution is 2.36. The predicted molar refractivity (Wildman–Crippen MR) is 85.6 cm³/mol. The molecular formula is C16H16Br2. The van der Waals surface area contributed by atoms with Crippen molar-refractivity contribution in [2.24, 2.45) is 0 Å². The van der Waals surface area contributed by atoms with Crippen LogP contribution in [0.4, 0.5) is 0 Å². The highest BCUT2D eigenvalue weighted by atomic mass is 79.9. The van der Waals surface area contributed by atoms with Gasteiger partial charge < -0.3 is 0 Å². The average Bonchev–Trinajstić information content (AvgIpc) is 2.31. The van der Waals surface area contributed by atoms with Crippen molar-refractivity contribution in [2.75, 3.05) is 0 Å². The van der Waals surface area contributed by atoms with E-state index in [9.17, 15) is 0 Å². The summed E-state index contributed by atoms with van der Waals surface area (Å²) in [6, 6.07) is 13.0. The van der Waals surface area contributed by atoms with E-state index in [2.05, 4.69) is 89.0 Å². The summed E-state index contributed by atoms with van der Waals surface area (Å²) in [6.07, 6.45) is 0. The van der Waals surface area contributed by atoms with E-state index in [1.54, 1.807) is 0 Å². The van der Waals surface area contributed by atoms with E-state index >= 15 is 0 Å². The molecule has 2 rings (SSSR count). The zero-order chi connectivity index (χ0) is 13.3. The maximum Gasteiger partial charge on any atom is 0.0650 e. The van der Waals surface area contributed by atoms with E-state index < -0.39 is 0 Å². The minimum Gasteiger partial charge on any atom is -0.0786 e. The van der Waals surface area contributed by atoms with Crippen molar-refractivity contribution in [2.45, 2.75) is 25.6 Å². The van der Waals surface area contributed by atoms with Crippen LogP contribution in [0.2, 0.25) is 0 Å². The van der Waals surface area contributed by atoms with Gasteiger partial charge in [0.05, 0.1) is 4.83 Å². The number of rotatable bonds is 2. The molecule has 2 aromatic rings. The largest absolute Gasteiger partial charge is 0.0786 e. The minimum atomic E-state index is 0.246. The summed E-state index contributed by atoms with van der Waals surface area (Å²) in [5.74, 6) is 0. The first-order valence-electron chi connectivity index (χ1n) is 5.96. The molecule has 0 saturated carbocycles. The molecule has 0 aliphatic carbocycles. The van der Waals surface area contributed by atoms with Gasteiger partial charge in [0, 0.05) is 4.47 Å². The van der Waals surface area contributed by atoms with Gasteiger partial charge in [-0.05, 0) is 55.2 Å². The topological polar surface area (TPSA) is 0 Å². The second-order valence-electron chi connectivity index (χ2n) is 4.72. The lowest BCUT2D eigenvalue weighted by atomic mass is 9.96. The number of hydrogen-bond donors (Lipinski definition) is 0.